The molecule has 1 aromatic rings. The minimum absolute atomic E-state index is 0.425. The Morgan fingerprint density at radius 1 is 1.00 bits per heavy atom. The lowest BCUT2D eigenvalue weighted by atomic mass is 9.99. The number of benzene rings is 1. The monoisotopic (exact) mass is 256 g/mol. The Bertz CT molecular complexity index is 460. The average molecular weight is 256 g/mol. The molecule has 1 N–H and O–H groups in total. The molecule has 96 valence electrons. The molecule has 1 rings (SSSR count). The van der Waals surface area contributed by atoms with Crippen molar-refractivity contribution in [1.82, 2.24) is 0 Å². The van der Waals surface area contributed by atoms with Crippen LogP contribution in [0.2, 0.25) is 0 Å². The maximum Gasteiger partial charge on any atom is 0.152 e. The SMILES string of the molecule is CC(C)c1ccc(C(O)C(C)S(C)(=O)=O)cc1. The highest BCUT2D eigenvalue weighted by atomic mass is 32.2. The van der Waals surface area contributed by atoms with Crippen LogP contribution in [0.1, 0.15) is 43.9 Å². The largest absolute Gasteiger partial charge is 0.387 e. The van der Waals surface area contributed by atoms with E-state index in [0.717, 1.165) is 6.26 Å². The zero-order chi connectivity index (χ0) is 13.2. The molecule has 3 nitrogen and oxygen atoms in total. The van der Waals surface area contributed by atoms with E-state index in [1.54, 1.807) is 12.1 Å². The van der Waals surface area contributed by atoms with Crippen LogP contribution in [0.15, 0.2) is 24.3 Å². The normalized spacial score (nSPS) is 15.9. The Kier molecular flexibility index (Phi) is 4.33. The number of hydrogen-bond acceptors (Lipinski definition) is 3. The Hall–Kier alpha value is -0.870. The molecule has 0 amide bonds. The van der Waals surface area contributed by atoms with E-state index in [2.05, 4.69) is 13.8 Å². The van der Waals surface area contributed by atoms with E-state index in [-0.39, 0.29) is 0 Å². The van der Waals surface area contributed by atoms with E-state index in [9.17, 15) is 13.5 Å². The Morgan fingerprint density at radius 2 is 1.41 bits per heavy atom. The molecule has 0 aliphatic carbocycles. The summed E-state index contributed by atoms with van der Waals surface area (Å²) >= 11 is 0. The Morgan fingerprint density at radius 3 is 1.76 bits per heavy atom. The first-order valence-electron chi connectivity index (χ1n) is 5.70. The molecule has 2 atom stereocenters. The summed E-state index contributed by atoms with van der Waals surface area (Å²) in [5, 5.41) is 9.19. The van der Waals surface area contributed by atoms with Gasteiger partial charge in [-0.05, 0) is 24.0 Å². The van der Waals surface area contributed by atoms with Crippen molar-refractivity contribution in [3.8, 4) is 0 Å². The summed E-state index contributed by atoms with van der Waals surface area (Å²) in [6, 6.07) is 7.44. The van der Waals surface area contributed by atoms with Crippen molar-refractivity contribution in [2.24, 2.45) is 0 Å². The van der Waals surface area contributed by atoms with Crippen LogP contribution in [-0.4, -0.2) is 25.0 Å². The number of rotatable bonds is 4. The first-order valence-corrected chi connectivity index (χ1v) is 7.65. The van der Waals surface area contributed by atoms with Crippen LogP contribution in [0.5, 0.6) is 0 Å². The molecule has 17 heavy (non-hydrogen) atoms. The van der Waals surface area contributed by atoms with Crippen LogP contribution in [-0.2, 0) is 9.84 Å². The lowest BCUT2D eigenvalue weighted by Gasteiger charge is -2.18. The predicted molar refractivity (Wildman–Crippen MR) is 69.8 cm³/mol. The maximum absolute atomic E-state index is 11.4. The van der Waals surface area contributed by atoms with Crippen LogP contribution in [0, 0.1) is 0 Å². The summed E-state index contributed by atoms with van der Waals surface area (Å²) in [5.74, 6) is 0.425. The fourth-order valence-corrected chi connectivity index (χ4v) is 2.21. The molecule has 0 bridgehead atoms. The van der Waals surface area contributed by atoms with Gasteiger partial charge in [0.05, 0.1) is 11.4 Å². The maximum atomic E-state index is 11.4. The second-order valence-corrected chi connectivity index (χ2v) is 7.20. The van der Waals surface area contributed by atoms with E-state index in [1.165, 1.54) is 12.5 Å². The van der Waals surface area contributed by atoms with Crippen molar-refractivity contribution in [3.63, 3.8) is 0 Å². The van der Waals surface area contributed by atoms with Crippen LogP contribution in [0.25, 0.3) is 0 Å². The number of hydrogen-bond donors (Lipinski definition) is 1. The van der Waals surface area contributed by atoms with Crippen molar-refractivity contribution in [2.45, 2.75) is 38.0 Å². The third kappa shape index (κ3) is 3.54. The van der Waals surface area contributed by atoms with Crippen molar-refractivity contribution in [2.75, 3.05) is 6.26 Å². The zero-order valence-corrected chi connectivity index (χ0v) is 11.5. The Labute approximate surface area is 103 Å². The quantitative estimate of drug-likeness (QED) is 0.899. The molecule has 0 aliphatic heterocycles. The molecule has 0 radical (unpaired) electrons. The lowest BCUT2D eigenvalue weighted by molar-refractivity contribution is 0.176. The molecule has 0 spiro atoms. The van der Waals surface area contributed by atoms with E-state index >= 15 is 0 Å². The molecule has 0 saturated heterocycles. The molecule has 1 aromatic carbocycles. The zero-order valence-electron chi connectivity index (χ0n) is 10.7. The van der Waals surface area contributed by atoms with E-state index < -0.39 is 21.2 Å². The van der Waals surface area contributed by atoms with Crippen molar-refractivity contribution < 1.29 is 13.5 Å². The van der Waals surface area contributed by atoms with E-state index in [0.29, 0.717) is 11.5 Å². The van der Waals surface area contributed by atoms with E-state index in [4.69, 9.17) is 0 Å². The fraction of sp³-hybridized carbons (Fsp3) is 0.538. The number of aliphatic hydroxyl groups is 1. The van der Waals surface area contributed by atoms with Gasteiger partial charge in [0.1, 0.15) is 0 Å². The third-order valence-corrected chi connectivity index (χ3v) is 4.67. The number of sulfone groups is 1. The van der Waals surface area contributed by atoms with Crippen molar-refractivity contribution in [1.29, 1.82) is 0 Å². The highest BCUT2D eigenvalue weighted by Crippen LogP contribution is 2.23. The predicted octanol–water partition coefficient (Wildman–Crippen LogP) is 2.28. The smallest absolute Gasteiger partial charge is 0.152 e. The summed E-state index contributed by atoms with van der Waals surface area (Å²) < 4.78 is 22.7. The van der Waals surface area contributed by atoms with Gasteiger partial charge in [0.2, 0.25) is 0 Å². The van der Waals surface area contributed by atoms with Crippen LogP contribution in [0.3, 0.4) is 0 Å². The minimum atomic E-state index is -3.23. The second-order valence-electron chi connectivity index (χ2n) is 4.80. The fourth-order valence-electron chi connectivity index (χ4n) is 1.58. The summed E-state index contributed by atoms with van der Waals surface area (Å²) in [6.45, 7) is 5.70. The average Bonchev–Trinajstić information content (AvgIpc) is 2.26. The first kappa shape index (κ1) is 14.2. The molecule has 0 aliphatic rings. The summed E-state index contributed by atoms with van der Waals surface area (Å²) in [5.41, 5.74) is 1.82. The van der Waals surface area contributed by atoms with Gasteiger partial charge in [0, 0.05) is 6.26 Å². The highest BCUT2D eigenvalue weighted by molar-refractivity contribution is 7.91. The highest BCUT2D eigenvalue weighted by Gasteiger charge is 2.25. The van der Waals surface area contributed by atoms with Crippen LogP contribution < -0.4 is 0 Å². The summed E-state index contributed by atoms with van der Waals surface area (Å²) in [6.07, 6.45) is 0.176. The second kappa shape index (κ2) is 5.19. The van der Waals surface area contributed by atoms with Crippen molar-refractivity contribution >= 4 is 9.84 Å². The molecule has 0 aromatic heterocycles. The van der Waals surface area contributed by atoms with Gasteiger partial charge in [0.15, 0.2) is 9.84 Å². The van der Waals surface area contributed by atoms with Gasteiger partial charge in [-0.3, -0.25) is 0 Å². The molecular weight excluding hydrogens is 236 g/mol. The van der Waals surface area contributed by atoms with Gasteiger partial charge in [0.25, 0.3) is 0 Å². The topological polar surface area (TPSA) is 54.4 Å². The molecule has 0 fully saturated rings. The van der Waals surface area contributed by atoms with E-state index in [1.807, 2.05) is 12.1 Å². The molecule has 2 unspecified atom stereocenters. The van der Waals surface area contributed by atoms with Gasteiger partial charge in [-0.1, -0.05) is 38.1 Å². The number of aliphatic hydroxyl groups excluding tert-OH is 1. The van der Waals surface area contributed by atoms with Crippen LogP contribution in [0.4, 0.5) is 0 Å². The van der Waals surface area contributed by atoms with Crippen LogP contribution >= 0.6 is 0 Å². The van der Waals surface area contributed by atoms with Crippen molar-refractivity contribution in [3.05, 3.63) is 35.4 Å². The minimum Gasteiger partial charge on any atom is -0.387 e. The molecule has 4 heteroatoms. The summed E-state index contributed by atoms with van der Waals surface area (Å²) in [4.78, 5) is 0. The lowest BCUT2D eigenvalue weighted by Crippen LogP contribution is -2.24. The van der Waals surface area contributed by atoms with Gasteiger partial charge in [-0.15, -0.1) is 0 Å². The summed E-state index contributed by atoms with van der Waals surface area (Å²) in [7, 11) is -3.23. The standard InChI is InChI=1S/C13H20O3S/c1-9(2)11-5-7-12(8-6-11)13(14)10(3)17(4,15)16/h5-10,13-14H,1-4H3. The van der Waals surface area contributed by atoms with Gasteiger partial charge >= 0.3 is 0 Å². The molecule has 0 saturated carbocycles. The third-order valence-electron chi connectivity index (χ3n) is 3.06. The van der Waals surface area contributed by atoms with Gasteiger partial charge in [-0.2, -0.15) is 0 Å². The Balaban J connectivity index is 2.94. The van der Waals surface area contributed by atoms with Gasteiger partial charge < -0.3 is 5.11 Å². The van der Waals surface area contributed by atoms with Gasteiger partial charge in [-0.25, -0.2) is 8.42 Å². The molecular formula is C13H20O3S. The molecule has 0 heterocycles. The first-order chi connectivity index (χ1) is 7.73.